The summed E-state index contributed by atoms with van der Waals surface area (Å²) in [5.41, 5.74) is -1.60. The van der Waals surface area contributed by atoms with Crippen molar-refractivity contribution in [1.29, 1.82) is 5.26 Å². The molecule has 6 rings (SSSR count). The standard InChI is InChI=1S/C37H42ClF2N7O5S/c1-36(2,3)51-34(48)44-32-23(18-41)26-21(10-11-25(39)30(26)53-32)27-24(38)17-22-29(28(27)40)42-33(50-19-20-9-8-12-45(20)7)43-31(22)46-13-15-47(16-14-46)35(49)52-37(4,5)6/h10-11,17,20H,8-9,12-16,19H2,1-7H3,(H,44,48)/t20-/m0/s1. The number of anilines is 2. The highest BCUT2D eigenvalue weighted by Crippen LogP contribution is 2.46. The number of likely N-dealkylation sites (tertiary alicyclic amines) is 1. The number of halogens is 3. The van der Waals surface area contributed by atoms with Gasteiger partial charge in [-0.05, 0) is 85.7 Å². The minimum atomic E-state index is -0.829. The molecular weight excluding hydrogens is 728 g/mol. The van der Waals surface area contributed by atoms with Gasteiger partial charge in [0.2, 0.25) is 0 Å². The fourth-order valence-corrected chi connectivity index (χ4v) is 7.83. The molecule has 2 aromatic carbocycles. The first kappa shape index (κ1) is 38.2. The van der Waals surface area contributed by atoms with Crippen molar-refractivity contribution in [2.24, 2.45) is 0 Å². The van der Waals surface area contributed by atoms with E-state index in [9.17, 15) is 14.9 Å². The number of amides is 2. The summed E-state index contributed by atoms with van der Waals surface area (Å²) in [4.78, 5) is 40.5. The molecule has 0 radical (unpaired) electrons. The summed E-state index contributed by atoms with van der Waals surface area (Å²) in [6, 6.07) is 6.22. The Kier molecular flexibility index (Phi) is 10.6. The van der Waals surface area contributed by atoms with Crippen LogP contribution in [0.2, 0.25) is 5.02 Å². The Hall–Kier alpha value is -4.52. The van der Waals surface area contributed by atoms with Crippen molar-refractivity contribution in [2.75, 3.05) is 56.6 Å². The maximum Gasteiger partial charge on any atom is 0.412 e. The molecule has 2 fully saturated rings. The Labute approximate surface area is 315 Å². The van der Waals surface area contributed by atoms with Crippen LogP contribution in [0, 0.1) is 23.0 Å². The minimum Gasteiger partial charge on any atom is -0.462 e. The van der Waals surface area contributed by atoms with Gasteiger partial charge in [-0.2, -0.15) is 15.2 Å². The number of ether oxygens (including phenoxy) is 3. The Bertz CT molecular complexity index is 2120. The third-order valence-electron chi connectivity index (χ3n) is 8.94. The van der Waals surface area contributed by atoms with Crippen molar-refractivity contribution in [3.8, 4) is 23.2 Å². The highest BCUT2D eigenvalue weighted by atomic mass is 35.5. The van der Waals surface area contributed by atoms with Gasteiger partial charge < -0.3 is 28.9 Å². The first-order valence-electron chi connectivity index (χ1n) is 17.3. The van der Waals surface area contributed by atoms with Crippen LogP contribution in [0.15, 0.2) is 18.2 Å². The largest absolute Gasteiger partial charge is 0.462 e. The van der Waals surface area contributed by atoms with Gasteiger partial charge in [0, 0.05) is 48.6 Å². The van der Waals surface area contributed by atoms with Crippen molar-refractivity contribution < 1.29 is 32.6 Å². The van der Waals surface area contributed by atoms with E-state index < -0.39 is 35.0 Å². The van der Waals surface area contributed by atoms with Gasteiger partial charge in [0.25, 0.3) is 0 Å². The number of thiophene rings is 1. The Morgan fingerprint density at radius 2 is 1.75 bits per heavy atom. The molecule has 1 atom stereocenters. The fourth-order valence-electron chi connectivity index (χ4n) is 6.47. The average Bonchev–Trinajstić information content (AvgIpc) is 3.65. The average molecular weight is 770 g/mol. The minimum absolute atomic E-state index is 0.0246. The second-order valence-electron chi connectivity index (χ2n) is 15.2. The molecule has 4 aromatic rings. The van der Waals surface area contributed by atoms with Crippen LogP contribution in [0.3, 0.4) is 0 Å². The SMILES string of the molecule is CN1CCC[C@H]1COc1nc(N2CCN(C(=O)OC(C)(C)C)CC2)c2cc(Cl)c(-c3ccc(F)c4sc(NC(=O)OC(C)(C)C)c(C#N)c34)c(F)c2n1. The number of nitriles is 1. The van der Waals surface area contributed by atoms with E-state index in [0.29, 0.717) is 44.0 Å². The number of piperazine rings is 1. The van der Waals surface area contributed by atoms with Crippen LogP contribution in [0.4, 0.5) is 29.2 Å². The summed E-state index contributed by atoms with van der Waals surface area (Å²) in [6.07, 6.45) is 0.713. The monoisotopic (exact) mass is 769 g/mol. The van der Waals surface area contributed by atoms with Crippen LogP contribution in [-0.4, -0.2) is 95.6 Å². The predicted octanol–water partition coefficient (Wildman–Crippen LogP) is 8.19. The van der Waals surface area contributed by atoms with Gasteiger partial charge in [-0.15, -0.1) is 11.3 Å². The van der Waals surface area contributed by atoms with E-state index in [4.69, 9.17) is 30.8 Å². The second-order valence-corrected chi connectivity index (χ2v) is 16.6. The number of carbonyl (C=O) groups is 2. The molecule has 0 bridgehead atoms. The Balaban J connectivity index is 1.44. The van der Waals surface area contributed by atoms with Crippen molar-refractivity contribution in [3.05, 3.63) is 40.4 Å². The van der Waals surface area contributed by atoms with Gasteiger partial charge in [0.15, 0.2) is 5.82 Å². The maximum atomic E-state index is 17.1. The van der Waals surface area contributed by atoms with E-state index >= 15 is 8.78 Å². The van der Waals surface area contributed by atoms with Crippen LogP contribution in [0.1, 0.15) is 59.9 Å². The number of likely N-dealkylation sites (N-methyl/N-ethyl adjacent to an activating group) is 1. The molecule has 0 saturated carbocycles. The molecule has 4 heterocycles. The Morgan fingerprint density at radius 1 is 1.06 bits per heavy atom. The number of hydrogen-bond acceptors (Lipinski definition) is 11. The first-order chi connectivity index (χ1) is 24.9. The summed E-state index contributed by atoms with van der Waals surface area (Å²) in [6.45, 7) is 13.1. The number of rotatable bonds is 6. The van der Waals surface area contributed by atoms with E-state index in [1.807, 2.05) is 38.8 Å². The van der Waals surface area contributed by atoms with Gasteiger partial charge in [0.05, 0.1) is 15.3 Å². The highest BCUT2D eigenvalue weighted by molar-refractivity contribution is 7.23. The van der Waals surface area contributed by atoms with Crippen LogP contribution in [0.5, 0.6) is 6.01 Å². The normalized spacial score (nSPS) is 17.0. The molecule has 1 N–H and O–H groups in total. The van der Waals surface area contributed by atoms with Crippen LogP contribution < -0.4 is 15.0 Å². The summed E-state index contributed by atoms with van der Waals surface area (Å²) < 4.78 is 49.5. The molecule has 0 unspecified atom stereocenters. The Morgan fingerprint density at radius 3 is 2.38 bits per heavy atom. The summed E-state index contributed by atoms with van der Waals surface area (Å²) >= 11 is 7.73. The van der Waals surface area contributed by atoms with Gasteiger partial charge >= 0.3 is 18.2 Å². The lowest BCUT2D eigenvalue weighted by molar-refractivity contribution is 0.0240. The summed E-state index contributed by atoms with van der Waals surface area (Å²) in [5, 5.41) is 13.2. The van der Waals surface area contributed by atoms with E-state index in [1.54, 1.807) is 31.7 Å². The van der Waals surface area contributed by atoms with E-state index in [0.717, 1.165) is 36.8 Å². The zero-order valence-electron chi connectivity index (χ0n) is 30.7. The molecule has 0 spiro atoms. The smallest absolute Gasteiger partial charge is 0.412 e. The topological polar surface area (TPSA) is 133 Å². The third-order valence-corrected chi connectivity index (χ3v) is 10.3. The van der Waals surface area contributed by atoms with Gasteiger partial charge in [-0.1, -0.05) is 17.7 Å². The maximum absolute atomic E-state index is 17.1. The number of fused-ring (bicyclic) bond motifs is 2. The molecule has 2 amide bonds. The number of hydrogen-bond donors (Lipinski definition) is 1. The lowest BCUT2D eigenvalue weighted by atomic mass is 9.97. The molecule has 282 valence electrons. The summed E-state index contributed by atoms with van der Waals surface area (Å²) in [7, 11) is 2.02. The van der Waals surface area contributed by atoms with Gasteiger partial charge in [0.1, 0.15) is 46.0 Å². The van der Waals surface area contributed by atoms with Crippen molar-refractivity contribution in [3.63, 3.8) is 0 Å². The fraction of sp³-hybridized carbons (Fsp3) is 0.486. The second kappa shape index (κ2) is 14.7. The van der Waals surface area contributed by atoms with E-state index in [1.165, 1.54) is 6.07 Å². The molecule has 2 aliphatic heterocycles. The number of benzene rings is 2. The molecule has 53 heavy (non-hydrogen) atoms. The first-order valence-corrected chi connectivity index (χ1v) is 18.5. The zero-order chi connectivity index (χ0) is 38.4. The van der Waals surface area contributed by atoms with E-state index in [2.05, 4.69) is 15.2 Å². The van der Waals surface area contributed by atoms with Crippen LogP contribution in [0.25, 0.3) is 32.1 Å². The number of carbonyl (C=O) groups excluding carboxylic acids is 2. The van der Waals surface area contributed by atoms with E-state index in [-0.39, 0.29) is 54.4 Å². The molecule has 2 aromatic heterocycles. The van der Waals surface area contributed by atoms with Crippen molar-refractivity contribution in [2.45, 2.75) is 71.6 Å². The van der Waals surface area contributed by atoms with Crippen LogP contribution in [-0.2, 0) is 9.47 Å². The predicted molar refractivity (Wildman–Crippen MR) is 201 cm³/mol. The lowest BCUT2D eigenvalue weighted by Gasteiger charge is -2.36. The zero-order valence-corrected chi connectivity index (χ0v) is 32.3. The number of nitrogens with one attached hydrogen (secondary N) is 1. The van der Waals surface area contributed by atoms with Crippen LogP contribution >= 0.6 is 22.9 Å². The lowest BCUT2D eigenvalue weighted by Crippen LogP contribution is -2.50. The molecule has 16 heteroatoms. The van der Waals surface area contributed by atoms with Crippen molar-refractivity contribution in [1.82, 2.24) is 19.8 Å². The molecular formula is C37H42ClF2N7O5S. The van der Waals surface area contributed by atoms with Gasteiger partial charge in [-0.3, -0.25) is 5.32 Å². The number of aromatic nitrogens is 2. The quantitative estimate of drug-likeness (QED) is 0.205. The summed E-state index contributed by atoms with van der Waals surface area (Å²) in [5.74, 6) is -1.11. The third kappa shape index (κ3) is 8.19. The number of nitrogens with zero attached hydrogens (tertiary/aromatic N) is 6. The highest BCUT2D eigenvalue weighted by Gasteiger charge is 2.31. The molecule has 2 aliphatic rings. The van der Waals surface area contributed by atoms with Gasteiger partial charge in [-0.25, -0.2) is 18.4 Å². The molecule has 2 saturated heterocycles. The molecule has 12 nitrogen and oxygen atoms in total. The molecule has 0 aliphatic carbocycles. The van der Waals surface area contributed by atoms with Crippen molar-refractivity contribution >= 4 is 66.9 Å².